The number of tetrazole rings is 1. The van der Waals surface area contributed by atoms with E-state index < -0.39 is 0 Å². The lowest BCUT2D eigenvalue weighted by Crippen LogP contribution is -2.07. The maximum atomic E-state index is 5.86. The molecule has 0 spiro atoms. The third kappa shape index (κ3) is 2.54. The van der Waals surface area contributed by atoms with Crippen molar-refractivity contribution < 1.29 is 4.74 Å². The standard InChI is InChI=1S/C10H12ClN5O/c1-17-5-4-16-10(13-14-15-16)7-2-3-8(11)9(12)6-7/h2-3,6H,4-5,12H2,1H3. The van der Waals surface area contributed by atoms with Crippen LogP contribution in [0.4, 0.5) is 5.69 Å². The smallest absolute Gasteiger partial charge is 0.182 e. The zero-order valence-corrected chi connectivity index (χ0v) is 10.1. The molecule has 2 rings (SSSR count). The molecule has 0 saturated heterocycles. The number of nitrogens with zero attached hydrogens (tertiary/aromatic N) is 4. The highest BCUT2D eigenvalue weighted by molar-refractivity contribution is 6.33. The Labute approximate surface area is 103 Å². The van der Waals surface area contributed by atoms with Gasteiger partial charge in [0.1, 0.15) is 0 Å². The van der Waals surface area contributed by atoms with Crippen molar-refractivity contribution in [2.45, 2.75) is 6.54 Å². The van der Waals surface area contributed by atoms with Gasteiger partial charge in [-0.15, -0.1) is 5.10 Å². The first-order valence-electron chi connectivity index (χ1n) is 5.03. The summed E-state index contributed by atoms with van der Waals surface area (Å²) >= 11 is 5.86. The Morgan fingerprint density at radius 1 is 1.47 bits per heavy atom. The van der Waals surface area contributed by atoms with Gasteiger partial charge in [-0.1, -0.05) is 11.6 Å². The molecule has 2 aromatic rings. The predicted molar refractivity (Wildman–Crippen MR) is 64.6 cm³/mol. The molecule has 0 unspecified atom stereocenters. The van der Waals surface area contributed by atoms with E-state index in [-0.39, 0.29) is 0 Å². The average Bonchev–Trinajstić information content (AvgIpc) is 2.78. The van der Waals surface area contributed by atoms with Crippen LogP contribution in [0.2, 0.25) is 5.02 Å². The summed E-state index contributed by atoms with van der Waals surface area (Å²) in [7, 11) is 1.63. The van der Waals surface area contributed by atoms with Crippen LogP contribution in [0.25, 0.3) is 11.4 Å². The molecule has 0 fully saturated rings. The van der Waals surface area contributed by atoms with Crippen LogP contribution < -0.4 is 5.73 Å². The molecule has 0 radical (unpaired) electrons. The molecular formula is C10H12ClN5O. The fourth-order valence-electron chi connectivity index (χ4n) is 1.42. The molecular weight excluding hydrogens is 242 g/mol. The second kappa shape index (κ2) is 5.11. The van der Waals surface area contributed by atoms with Gasteiger partial charge in [0.2, 0.25) is 0 Å². The van der Waals surface area contributed by atoms with E-state index in [2.05, 4.69) is 15.5 Å². The highest BCUT2D eigenvalue weighted by Crippen LogP contribution is 2.24. The van der Waals surface area contributed by atoms with Crippen molar-refractivity contribution in [2.24, 2.45) is 0 Å². The molecule has 0 aliphatic heterocycles. The van der Waals surface area contributed by atoms with E-state index in [9.17, 15) is 0 Å². The summed E-state index contributed by atoms with van der Waals surface area (Å²) in [4.78, 5) is 0. The number of nitrogens with two attached hydrogens (primary N) is 1. The number of hydrogen-bond acceptors (Lipinski definition) is 5. The minimum absolute atomic E-state index is 0.505. The minimum atomic E-state index is 0.505. The number of halogens is 1. The number of nitrogen functional groups attached to an aromatic ring is 1. The monoisotopic (exact) mass is 253 g/mol. The highest BCUT2D eigenvalue weighted by atomic mass is 35.5. The second-order valence-electron chi connectivity index (χ2n) is 3.45. The van der Waals surface area contributed by atoms with E-state index in [4.69, 9.17) is 22.1 Å². The summed E-state index contributed by atoms with van der Waals surface area (Å²) in [6, 6.07) is 5.30. The topological polar surface area (TPSA) is 78.8 Å². The molecule has 2 N–H and O–H groups in total. The second-order valence-corrected chi connectivity index (χ2v) is 3.86. The fourth-order valence-corrected chi connectivity index (χ4v) is 1.54. The van der Waals surface area contributed by atoms with E-state index in [1.54, 1.807) is 23.9 Å². The molecule has 0 saturated carbocycles. The molecule has 1 aromatic carbocycles. The lowest BCUT2D eigenvalue weighted by atomic mass is 10.2. The summed E-state index contributed by atoms with van der Waals surface area (Å²) in [5, 5.41) is 12.0. The normalized spacial score (nSPS) is 10.7. The lowest BCUT2D eigenvalue weighted by Gasteiger charge is -2.05. The summed E-state index contributed by atoms with van der Waals surface area (Å²) in [6.45, 7) is 1.13. The Bertz CT molecular complexity index is 513. The van der Waals surface area contributed by atoms with Gasteiger partial charge in [-0.05, 0) is 28.6 Å². The Balaban J connectivity index is 2.32. The van der Waals surface area contributed by atoms with Gasteiger partial charge in [-0.3, -0.25) is 0 Å². The third-order valence-corrected chi connectivity index (χ3v) is 2.64. The van der Waals surface area contributed by atoms with Crippen LogP contribution in [0.3, 0.4) is 0 Å². The maximum absolute atomic E-state index is 5.86. The van der Waals surface area contributed by atoms with Gasteiger partial charge in [0, 0.05) is 12.7 Å². The number of aromatic nitrogens is 4. The zero-order valence-electron chi connectivity index (χ0n) is 9.30. The molecule has 0 bridgehead atoms. The molecule has 90 valence electrons. The average molecular weight is 254 g/mol. The van der Waals surface area contributed by atoms with Crippen molar-refractivity contribution >= 4 is 17.3 Å². The van der Waals surface area contributed by atoms with Crippen molar-refractivity contribution in [3.63, 3.8) is 0 Å². The Morgan fingerprint density at radius 2 is 2.29 bits per heavy atom. The van der Waals surface area contributed by atoms with Crippen LogP contribution in [0.1, 0.15) is 0 Å². The molecule has 17 heavy (non-hydrogen) atoms. The molecule has 1 heterocycles. The van der Waals surface area contributed by atoms with Gasteiger partial charge >= 0.3 is 0 Å². The number of rotatable bonds is 4. The zero-order chi connectivity index (χ0) is 12.3. The van der Waals surface area contributed by atoms with Gasteiger partial charge in [-0.25, -0.2) is 4.68 Å². The van der Waals surface area contributed by atoms with Gasteiger partial charge in [0.15, 0.2) is 5.82 Å². The first kappa shape index (κ1) is 11.8. The van der Waals surface area contributed by atoms with Crippen molar-refractivity contribution in [2.75, 3.05) is 19.5 Å². The Hall–Kier alpha value is -1.66. The SMILES string of the molecule is COCCn1nnnc1-c1ccc(Cl)c(N)c1. The Kier molecular flexibility index (Phi) is 3.55. The van der Waals surface area contributed by atoms with Crippen molar-refractivity contribution in [3.8, 4) is 11.4 Å². The number of benzene rings is 1. The van der Waals surface area contributed by atoms with Crippen molar-refractivity contribution in [3.05, 3.63) is 23.2 Å². The number of anilines is 1. The van der Waals surface area contributed by atoms with Gasteiger partial charge < -0.3 is 10.5 Å². The quantitative estimate of drug-likeness (QED) is 0.829. The summed E-state index contributed by atoms with van der Waals surface area (Å²) in [5.41, 5.74) is 7.07. The van der Waals surface area contributed by atoms with Crippen LogP contribution in [-0.2, 0) is 11.3 Å². The van der Waals surface area contributed by atoms with E-state index in [0.29, 0.717) is 29.7 Å². The third-order valence-electron chi connectivity index (χ3n) is 2.29. The minimum Gasteiger partial charge on any atom is -0.398 e. The molecule has 0 amide bonds. The lowest BCUT2D eigenvalue weighted by molar-refractivity contribution is 0.183. The van der Waals surface area contributed by atoms with Gasteiger partial charge in [0.05, 0.1) is 23.9 Å². The van der Waals surface area contributed by atoms with E-state index in [0.717, 1.165) is 5.56 Å². The van der Waals surface area contributed by atoms with Gasteiger partial charge in [0.25, 0.3) is 0 Å². The molecule has 7 heteroatoms. The van der Waals surface area contributed by atoms with Crippen LogP contribution in [-0.4, -0.2) is 33.9 Å². The first-order chi connectivity index (χ1) is 8.22. The van der Waals surface area contributed by atoms with Crippen molar-refractivity contribution in [1.82, 2.24) is 20.2 Å². The molecule has 0 atom stereocenters. The molecule has 0 aliphatic rings. The summed E-state index contributed by atoms with van der Waals surface area (Å²) in [5.74, 6) is 0.644. The molecule has 0 aliphatic carbocycles. The van der Waals surface area contributed by atoms with Gasteiger partial charge in [-0.2, -0.15) is 0 Å². The summed E-state index contributed by atoms with van der Waals surface area (Å²) in [6.07, 6.45) is 0. The largest absolute Gasteiger partial charge is 0.398 e. The Morgan fingerprint density at radius 3 is 3.00 bits per heavy atom. The van der Waals surface area contributed by atoms with Crippen LogP contribution in [0.15, 0.2) is 18.2 Å². The van der Waals surface area contributed by atoms with E-state index in [1.165, 1.54) is 0 Å². The number of ether oxygens (including phenoxy) is 1. The highest BCUT2D eigenvalue weighted by Gasteiger charge is 2.09. The van der Waals surface area contributed by atoms with E-state index in [1.807, 2.05) is 6.07 Å². The van der Waals surface area contributed by atoms with Crippen LogP contribution in [0.5, 0.6) is 0 Å². The first-order valence-corrected chi connectivity index (χ1v) is 5.40. The molecule has 6 nitrogen and oxygen atoms in total. The predicted octanol–water partition coefficient (Wildman–Crippen LogP) is 1.22. The maximum Gasteiger partial charge on any atom is 0.182 e. The number of hydrogen-bond donors (Lipinski definition) is 1. The molecule has 1 aromatic heterocycles. The van der Waals surface area contributed by atoms with Crippen LogP contribution >= 0.6 is 11.6 Å². The van der Waals surface area contributed by atoms with Crippen molar-refractivity contribution in [1.29, 1.82) is 0 Å². The number of methoxy groups -OCH3 is 1. The van der Waals surface area contributed by atoms with E-state index >= 15 is 0 Å². The van der Waals surface area contributed by atoms with Crippen LogP contribution in [0, 0.1) is 0 Å². The summed E-state index contributed by atoms with van der Waals surface area (Å²) < 4.78 is 6.65. The fraction of sp³-hybridized carbons (Fsp3) is 0.300.